The van der Waals surface area contributed by atoms with Gasteiger partial charge in [0.2, 0.25) is 0 Å². The molecule has 19 heavy (non-hydrogen) atoms. The normalized spacial score (nSPS) is 17.5. The maximum atomic E-state index is 10.5. The number of benzene rings is 1. The number of aliphatic hydroxyl groups is 1. The van der Waals surface area contributed by atoms with Crippen LogP contribution in [0.4, 0.5) is 5.69 Å². The molecule has 0 saturated heterocycles. The summed E-state index contributed by atoms with van der Waals surface area (Å²) >= 11 is 0. The van der Waals surface area contributed by atoms with E-state index < -0.39 is 11.0 Å². The van der Waals surface area contributed by atoms with Gasteiger partial charge in [-0.2, -0.15) is 0 Å². The van der Waals surface area contributed by atoms with Crippen LogP contribution in [0.25, 0.3) is 0 Å². The van der Waals surface area contributed by atoms with Crippen molar-refractivity contribution >= 4 is 5.69 Å². The minimum atomic E-state index is -0.609. The molecule has 1 saturated carbocycles. The molecule has 2 N–H and O–H groups in total. The summed E-state index contributed by atoms with van der Waals surface area (Å²) in [7, 11) is 0. The summed E-state index contributed by atoms with van der Waals surface area (Å²) in [6, 6.07) is 6.07. The summed E-state index contributed by atoms with van der Waals surface area (Å²) in [5, 5.41) is 23.8. The Bertz CT molecular complexity index is 413. The predicted octanol–water partition coefficient (Wildman–Crippen LogP) is 2.41. The molecule has 0 heterocycles. The number of nitrogens with zero attached hydrogens (tertiary/aromatic N) is 1. The Morgan fingerprint density at radius 3 is 2.53 bits per heavy atom. The molecule has 1 unspecified atom stereocenters. The minimum absolute atomic E-state index is 0.0508. The molecule has 1 atom stereocenters. The molecule has 0 aromatic heterocycles. The van der Waals surface area contributed by atoms with E-state index >= 15 is 0 Å². The fourth-order valence-electron chi connectivity index (χ4n) is 2.57. The van der Waals surface area contributed by atoms with Crippen molar-refractivity contribution in [1.29, 1.82) is 0 Å². The Kier molecular flexibility index (Phi) is 4.87. The molecule has 5 nitrogen and oxygen atoms in total. The lowest BCUT2D eigenvalue weighted by atomic mass is 10.1. The summed E-state index contributed by atoms with van der Waals surface area (Å²) in [5.74, 6) is 0.740. The number of nitro benzene ring substituents is 1. The quantitative estimate of drug-likeness (QED) is 0.611. The topological polar surface area (TPSA) is 75.4 Å². The largest absolute Gasteiger partial charge is 0.387 e. The van der Waals surface area contributed by atoms with Crippen LogP contribution in [0.2, 0.25) is 0 Å². The van der Waals surface area contributed by atoms with E-state index in [1.165, 1.54) is 37.8 Å². The van der Waals surface area contributed by atoms with Crippen LogP contribution in [-0.2, 0) is 0 Å². The number of rotatable bonds is 6. The summed E-state index contributed by atoms with van der Waals surface area (Å²) in [6.07, 6.45) is 4.58. The van der Waals surface area contributed by atoms with Gasteiger partial charge in [-0.15, -0.1) is 0 Å². The third-order valence-corrected chi connectivity index (χ3v) is 3.73. The van der Waals surface area contributed by atoms with Crippen LogP contribution < -0.4 is 5.32 Å². The van der Waals surface area contributed by atoms with Gasteiger partial charge in [0.15, 0.2) is 0 Å². The van der Waals surface area contributed by atoms with Gasteiger partial charge in [-0.1, -0.05) is 12.8 Å². The van der Waals surface area contributed by atoms with Gasteiger partial charge in [0, 0.05) is 18.7 Å². The van der Waals surface area contributed by atoms with Crippen LogP contribution in [-0.4, -0.2) is 23.1 Å². The average Bonchev–Trinajstić information content (AvgIpc) is 2.92. The average molecular weight is 264 g/mol. The Morgan fingerprint density at radius 1 is 1.32 bits per heavy atom. The molecule has 104 valence electrons. The van der Waals surface area contributed by atoms with Crippen molar-refractivity contribution < 1.29 is 10.0 Å². The Labute approximate surface area is 112 Å². The summed E-state index contributed by atoms with van der Waals surface area (Å²) in [6.45, 7) is 1.44. The van der Waals surface area contributed by atoms with E-state index in [2.05, 4.69) is 5.32 Å². The first-order chi connectivity index (χ1) is 9.16. The first kappa shape index (κ1) is 14.0. The molecule has 1 aromatic rings. The molecule has 0 bridgehead atoms. The fourth-order valence-corrected chi connectivity index (χ4v) is 2.57. The second-order valence-electron chi connectivity index (χ2n) is 5.17. The van der Waals surface area contributed by atoms with E-state index in [4.69, 9.17) is 0 Å². The molecule has 0 aliphatic heterocycles. The standard InChI is InChI=1S/C14H20N2O3/c17-14(10-15-9-11-3-1-2-4-11)12-5-7-13(8-6-12)16(18)19/h5-8,11,14-15,17H,1-4,9-10H2. The minimum Gasteiger partial charge on any atom is -0.387 e. The molecular weight excluding hydrogens is 244 g/mol. The van der Waals surface area contributed by atoms with Gasteiger partial charge >= 0.3 is 0 Å². The van der Waals surface area contributed by atoms with Crippen molar-refractivity contribution in [3.8, 4) is 0 Å². The van der Waals surface area contributed by atoms with E-state index in [9.17, 15) is 15.2 Å². The monoisotopic (exact) mass is 264 g/mol. The highest BCUT2D eigenvalue weighted by molar-refractivity contribution is 5.33. The van der Waals surface area contributed by atoms with Crippen LogP contribution in [0.3, 0.4) is 0 Å². The van der Waals surface area contributed by atoms with Crippen LogP contribution in [0.5, 0.6) is 0 Å². The molecule has 1 fully saturated rings. The first-order valence-corrected chi connectivity index (χ1v) is 6.80. The lowest BCUT2D eigenvalue weighted by molar-refractivity contribution is -0.384. The molecule has 0 amide bonds. The molecule has 0 spiro atoms. The van der Waals surface area contributed by atoms with Gasteiger partial charge in [-0.25, -0.2) is 0 Å². The van der Waals surface area contributed by atoms with Gasteiger partial charge in [0.05, 0.1) is 11.0 Å². The summed E-state index contributed by atoms with van der Waals surface area (Å²) in [5.41, 5.74) is 0.763. The molecular formula is C14H20N2O3. The van der Waals surface area contributed by atoms with Gasteiger partial charge < -0.3 is 10.4 Å². The maximum absolute atomic E-state index is 10.5. The van der Waals surface area contributed by atoms with Gasteiger partial charge in [-0.05, 0) is 43.0 Å². The van der Waals surface area contributed by atoms with Crippen LogP contribution in [0.1, 0.15) is 37.4 Å². The highest BCUT2D eigenvalue weighted by Crippen LogP contribution is 2.24. The zero-order valence-corrected chi connectivity index (χ0v) is 10.9. The summed E-state index contributed by atoms with van der Waals surface area (Å²) < 4.78 is 0. The zero-order chi connectivity index (χ0) is 13.7. The molecule has 0 radical (unpaired) electrons. The van der Waals surface area contributed by atoms with E-state index in [-0.39, 0.29) is 5.69 Å². The number of hydrogen-bond acceptors (Lipinski definition) is 4. The van der Waals surface area contributed by atoms with Crippen LogP contribution >= 0.6 is 0 Å². The summed E-state index contributed by atoms with van der Waals surface area (Å²) in [4.78, 5) is 10.1. The van der Waals surface area contributed by atoms with Crippen LogP contribution in [0.15, 0.2) is 24.3 Å². The number of hydrogen-bond donors (Lipinski definition) is 2. The second-order valence-corrected chi connectivity index (χ2v) is 5.17. The molecule has 2 rings (SSSR count). The zero-order valence-electron chi connectivity index (χ0n) is 10.9. The van der Waals surface area contributed by atoms with Crippen molar-refractivity contribution in [1.82, 2.24) is 5.32 Å². The van der Waals surface area contributed by atoms with Gasteiger partial charge in [0.1, 0.15) is 0 Å². The smallest absolute Gasteiger partial charge is 0.269 e. The molecule has 1 aliphatic carbocycles. The van der Waals surface area contributed by atoms with E-state index in [0.29, 0.717) is 12.1 Å². The molecule has 1 aromatic carbocycles. The SMILES string of the molecule is O=[N+]([O-])c1ccc(C(O)CNCC2CCCC2)cc1. The van der Waals surface area contributed by atoms with E-state index in [1.807, 2.05) is 0 Å². The van der Waals surface area contributed by atoms with Gasteiger partial charge in [-0.3, -0.25) is 10.1 Å². The number of non-ortho nitro benzene ring substituents is 1. The highest BCUT2D eigenvalue weighted by Gasteiger charge is 2.15. The number of nitrogens with one attached hydrogen (secondary N) is 1. The van der Waals surface area contributed by atoms with E-state index in [0.717, 1.165) is 12.5 Å². The lowest BCUT2D eigenvalue weighted by Crippen LogP contribution is -2.26. The van der Waals surface area contributed by atoms with Crippen molar-refractivity contribution in [2.24, 2.45) is 5.92 Å². The number of nitro groups is 1. The fraction of sp³-hybridized carbons (Fsp3) is 0.571. The second kappa shape index (κ2) is 6.63. The van der Waals surface area contributed by atoms with Crippen molar-refractivity contribution in [3.05, 3.63) is 39.9 Å². The van der Waals surface area contributed by atoms with E-state index in [1.54, 1.807) is 12.1 Å². The lowest BCUT2D eigenvalue weighted by Gasteiger charge is -2.14. The maximum Gasteiger partial charge on any atom is 0.269 e. The molecule has 5 heteroatoms. The highest BCUT2D eigenvalue weighted by atomic mass is 16.6. The van der Waals surface area contributed by atoms with Gasteiger partial charge in [0.25, 0.3) is 5.69 Å². The van der Waals surface area contributed by atoms with Crippen molar-refractivity contribution in [3.63, 3.8) is 0 Å². The Hall–Kier alpha value is -1.46. The van der Waals surface area contributed by atoms with Crippen molar-refractivity contribution in [2.75, 3.05) is 13.1 Å². The van der Waals surface area contributed by atoms with Crippen LogP contribution in [0, 0.1) is 16.0 Å². The first-order valence-electron chi connectivity index (χ1n) is 6.80. The molecule has 1 aliphatic rings. The third kappa shape index (κ3) is 4.01. The Morgan fingerprint density at radius 2 is 1.95 bits per heavy atom. The third-order valence-electron chi connectivity index (χ3n) is 3.73. The number of aliphatic hydroxyl groups excluding tert-OH is 1. The Balaban J connectivity index is 1.78. The van der Waals surface area contributed by atoms with Crippen molar-refractivity contribution in [2.45, 2.75) is 31.8 Å². The predicted molar refractivity (Wildman–Crippen MR) is 72.9 cm³/mol.